The van der Waals surface area contributed by atoms with Crippen molar-refractivity contribution >= 4 is 6.03 Å². The van der Waals surface area contributed by atoms with E-state index in [2.05, 4.69) is 11.0 Å². The molecule has 0 aromatic heterocycles. The maximum atomic E-state index is 12.3. The van der Waals surface area contributed by atoms with Gasteiger partial charge < -0.3 is 9.80 Å². The molecule has 1 aromatic rings. The van der Waals surface area contributed by atoms with E-state index in [9.17, 15) is 10.1 Å². The Morgan fingerprint density at radius 1 is 1.18 bits per heavy atom. The number of rotatable bonds is 4. The summed E-state index contributed by atoms with van der Waals surface area (Å²) in [5, 5.41) is 9.49. The molecule has 118 valence electrons. The van der Waals surface area contributed by atoms with E-state index in [1.54, 1.807) is 0 Å². The minimum Gasteiger partial charge on any atom is -0.325 e. The average Bonchev–Trinajstić information content (AvgIpc) is 2.58. The molecule has 1 fully saturated rings. The second-order valence-electron chi connectivity index (χ2n) is 5.42. The van der Waals surface area contributed by atoms with Gasteiger partial charge in [-0.3, -0.25) is 4.90 Å². The summed E-state index contributed by atoms with van der Waals surface area (Å²) in [6.07, 6.45) is 0. The van der Waals surface area contributed by atoms with Crippen molar-refractivity contribution in [2.24, 2.45) is 0 Å². The monoisotopic (exact) mass is 300 g/mol. The minimum absolute atomic E-state index is 0.109. The molecule has 5 nitrogen and oxygen atoms in total. The SMILES string of the molecule is CCN(CC)C(=O)N1CCN(C(C#N)c2ccccc2)CC1. The average molecular weight is 300 g/mol. The Morgan fingerprint density at radius 3 is 2.27 bits per heavy atom. The molecule has 0 aliphatic carbocycles. The molecule has 1 aromatic carbocycles. The molecule has 22 heavy (non-hydrogen) atoms. The molecule has 0 saturated carbocycles. The van der Waals surface area contributed by atoms with Gasteiger partial charge in [-0.2, -0.15) is 5.26 Å². The van der Waals surface area contributed by atoms with E-state index in [0.29, 0.717) is 13.1 Å². The first-order chi connectivity index (χ1) is 10.7. The molecule has 1 aliphatic rings. The number of carbonyl (C=O) groups is 1. The van der Waals surface area contributed by atoms with Crippen molar-refractivity contribution in [1.82, 2.24) is 14.7 Å². The predicted octanol–water partition coefficient (Wildman–Crippen LogP) is 2.33. The van der Waals surface area contributed by atoms with Crippen LogP contribution in [0.15, 0.2) is 30.3 Å². The highest BCUT2D eigenvalue weighted by molar-refractivity contribution is 5.74. The Bertz CT molecular complexity index is 513. The van der Waals surface area contributed by atoms with Gasteiger partial charge in [-0.05, 0) is 19.4 Å². The van der Waals surface area contributed by atoms with Gasteiger partial charge in [0.05, 0.1) is 6.07 Å². The highest BCUT2D eigenvalue weighted by Crippen LogP contribution is 2.21. The standard InChI is InChI=1S/C17H24N4O/c1-3-19(4-2)17(22)21-12-10-20(11-13-21)16(14-18)15-8-6-5-7-9-15/h5-9,16H,3-4,10-13H2,1-2H3. The lowest BCUT2D eigenvalue weighted by molar-refractivity contribution is 0.104. The first kappa shape index (κ1) is 16.3. The number of nitriles is 1. The quantitative estimate of drug-likeness (QED) is 0.857. The maximum Gasteiger partial charge on any atom is 0.320 e. The lowest BCUT2D eigenvalue weighted by Crippen LogP contribution is -2.53. The lowest BCUT2D eigenvalue weighted by atomic mass is 10.1. The summed E-state index contributed by atoms with van der Waals surface area (Å²) in [4.78, 5) is 18.2. The Morgan fingerprint density at radius 2 is 1.77 bits per heavy atom. The molecule has 0 spiro atoms. The third-order valence-corrected chi connectivity index (χ3v) is 4.22. The molecule has 1 heterocycles. The van der Waals surface area contributed by atoms with E-state index in [-0.39, 0.29) is 12.1 Å². The van der Waals surface area contributed by atoms with Crippen LogP contribution in [-0.2, 0) is 0 Å². The highest BCUT2D eigenvalue weighted by Gasteiger charge is 2.28. The summed E-state index contributed by atoms with van der Waals surface area (Å²) >= 11 is 0. The number of nitrogens with zero attached hydrogens (tertiary/aromatic N) is 4. The Hall–Kier alpha value is -2.06. The van der Waals surface area contributed by atoms with Crippen molar-refractivity contribution in [3.05, 3.63) is 35.9 Å². The van der Waals surface area contributed by atoms with Crippen LogP contribution in [0.3, 0.4) is 0 Å². The van der Waals surface area contributed by atoms with Crippen LogP contribution in [0.1, 0.15) is 25.5 Å². The highest BCUT2D eigenvalue weighted by atomic mass is 16.2. The normalized spacial score (nSPS) is 16.9. The van der Waals surface area contributed by atoms with Crippen molar-refractivity contribution < 1.29 is 4.79 Å². The number of urea groups is 1. The number of piperazine rings is 1. The molecule has 5 heteroatoms. The van der Waals surface area contributed by atoms with Crippen LogP contribution in [-0.4, -0.2) is 60.0 Å². The molecule has 1 aliphatic heterocycles. The molecule has 2 amide bonds. The minimum atomic E-state index is -0.230. The maximum absolute atomic E-state index is 12.3. The molecule has 0 N–H and O–H groups in total. The third kappa shape index (κ3) is 3.58. The Balaban J connectivity index is 1.97. The first-order valence-electron chi connectivity index (χ1n) is 7.93. The fourth-order valence-corrected chi connectivity index (χ4v) is 2.87. The van der Waals surface area contributed by atoms with E-state index in [0.717, 1.165) is 31.7 Å². The fourth-order valence-electron chi connectivity index (χ4n) is 2.87. The number of hydrogen-bond donors (Lipinski definition) is 0. The molecular formula is C17H24N4O. The van der Waals surface area contributed by atoms with Crippen LogP contribution in [0.4, 0.5) is 4.79 Å². The first-order valence-corrected chi connectivity index (χ1v) is 7.93. The second-order valence-corrected chi connectivity index (χ2v) is 5.42. The fraction of sp³-hybridized carbons (Fsp3) is 0.529. The zero-order valence-corrected chi connectivity index (χ0v) is 13.4. The van der Waals surface area contributed by atoms with Gasteiger partial charge in [0, 0.05) is 39.3 Å². The van der Waals surface area contributed by atoms with Gasteiger partial charge in [0.1, 0.15) is 6.04 Å². The summed E-state index contributed by atoms with van der Waals surface area (Å²) in [6.45, 7) is 8.30. The molecule has 1 saturated heterocycles. The van der Waals surface area contributed by atoms with Crippen molar-refractivity contribution in [3.8, 4) is 6.07 Å². The van der Waals surface area contributed by atoms with E-state index in [4.69, 9.17) is 0 Å². The number of carbonyl (C=O) groups excluding carboxylic acids is 1. The summed E-state index contributed by atoms with van der Waals surface area (Å²) in [5.74, 6) is 0. The van der Waals surface area contributed by atoms with Gasteiger partial charge >= 0.3 is 6.03 Å². The second kappa shape index (κ2) is 7.81. The lowest BCUT2D eigenvalue weighted by Gasteiger charge is -2.38. The zero-order chi connectivity index (χ0) is 15.9. The van der Waals surface area contributed by atoms with Crippen LogP contribution < -0.4 is 0 Å². The van der Waals surface area contributed by atoms with Crippen LogP contribution in [0.5, 0.6) is 0 Å². The Kier molecular flexibility index (Phi) is 5.79. The van der Waals surface area contributed by atoms with Gasteiger partial charge in [0.15, 0.2) is 0 Å². The molecule has 1 atom stereocenters. The van der Waals surface area contributed by atoms with Crippen LogP contribution in [0.2, 0.25) is 0 Å². The number of hydrogen-bond acceptors (Lipinski definition) is 3. The molecule has 0 bridgehead atoms. The summed E-state index contributed by atoms with van der Waals surface area (Å²) in [5.41, 5.74) is 1.02. The van der Waals surface area contributed by atoms with Gasteiger partial charge in [0.25, 0.3) is 0 Å². The van der Waals surface area contributed by atoms with Crippen LogP contribution in [0.25, 0.3) is 0 Å². The summed E-state index contributed by atoms with van der Waals surface area (Å²) in [6, 6.07) is 12.1. The molecular weight excluding hydrogens is 276 g/mol. The molecule has 2 rings (SSSR count). The van der Waals surface area contributed by atoms with Gasteiger partial charge in [-0.1, -0.05) is 30.3 Å². The van der Waals surface area contributed by atoms with Gasteiger partial charge in [0.2, 0.25) is 0 Å². The zero-order valence-electron chi connectivity index (χ0n) is 13.4. The van der Waals surface area contributed by atoms with Crippen molar-refractivity contribution in [1.29, 1.82) is 5.26 Å². The summed E-state index contributed by atoms with van der Waals surface area (Å²) in [7, 11) is 0. The summed E-state index contributed by atoms with van der Waals surface area (Å²) < 4.78 is 0. The topological polar surface area (TPSA) is 50.6 Å². The molecule has 0 radical (unpaired) electrons. The molecule has 1 unspecified atom stereocenters. The third-order valence-electron chi connectivity index (χ3n) is 4.22. The van der Waals surface area contributed by atoms with E-state index < -0.39 is 0 Å². The van der Waals surface area contributed by atoms with Gasteiger partial charge in [-0.25, -0.2) is 4.79 Å². The van der Waals surface area contributed by atoms with Crippen molar-refractivity contribution in [2.75, 3.05) is 39.3 Å². The van der Waals surface area contributed by atoms with Crippen LogP contribution in [0, 0.1) is 11.3 Å². The van der Waals surface area contributed by atoms with Crippen LogP contribution >= 0.6 is 0 Å². The van der Waals surface area contributed by atoms with Crippen molar-refractivity contribution in [3.63, 3.8) is 0 Å². The Labute approximate surface area is 132 Å². The number of benzene rings is 1. The van der Waals surface area contributed by atoms with Crippen molar-refractivity contribution in [2.45, 2.75) is 19.9 Å². The van der Waals surface area contributed by atoms with E-state index in [1.807, 2.05) is 54.0 Å². The number of amides is 2. The van der Waals surface area contributed by atoms with Gasteiger partial charge in [-0.15, -0.1) is 0 Å². The predicted molar refractivity (Wildman–Crippen MR) is 86.3 cm³/mol. The largest absolute Gasteiger partial charge is 0.325 e. The van der Waals surface area contributed by atoms with E-state index >= 15 is 0 Å². The smallest absolute Gasteiger partial charge is 0.320 e. The van der Waals surface area contributed by atoms with E-state index in [1.165, 1.54) is 0 Å².